The van der Waals surface area contributed by atoms with E-state index in [1.54, 1.807) is 12.1 Å². The van der Waals surface area contributed by atoms with Crippen LogP contribution >= 0.6 is 0 Å². The highest BCUT2D eigenvalue weighted by Gasteiger charge is 2.55. The van der Waals surface area contributed by atoms with Crippen LogP contribution in [0.4, 0.5) is 13.6 Å². The molecule has 1 N–H and O–H groups in total. The van der Waals surface area contributed by atoms with Crippen molar-refractivity contribution in [2.75, 3.05) is 6.54 Å². The van der Waals surface area contributed by atoms with Crippen LogP contribution in [0.5, 0.6) is 0 Å². The van der Waals surface area contributed by atoms with Gasteiger partial charge in [-0.2, -0.15) is 0 Å². The van der Waals surface area contributed by atoms with E-state index in [0.29, 0.717) is 5.69 Å². The van der Waals surface area contributed by atoms with Gasteiger partial charge in [0.05, 0.1) is 24.6 Å². The van der Waals surface area contributed by atoms with Gasteiger partial charge in [-0.3, -0.25) is 19.5 Å². The maximum absolute atomic E-state index is 13.5. The Hall–Kier alpha value is -3.74. The number of imide groups is 1. The number of Topliss-reactive ketones (excluding diaryl/α,β-unsaturated/α-hetero) is 1. The van der Waals surface area contributed by atoms with Gasteiger partial charge in [0, 0.05) is 24.0 Å². The fraction of sp³-hybridized carbons (Fsp3) is 0.364. The number of carbonyl (C=O) groups is 3. The molecule has 4 rings (SSSR count). The van der Waals surface area contributed by atoms with E-state index in [4.69, 9.17) is 6.57 Å². The number of ketones is 1. The molecule has 1 aromatic heterocycles. The highest BCUT2D eigenvalue weighted by Crippen LogP contribution is 2.41. The minimum Gasteiger partial charge on any atom is -0.323 e. The molecule has 32 heavy (non-hydrogen) atoms. The highest BCUT2D eigenvalue weighted by molar-refractivity contribution is 6.10. The molecule has 2 fully saturated rings. The number of hydrogen-bond acceptors (Lipinski definition) is 5. The molecule has 164 valence electrons. The van der Waals surface area contributed by atoms with Crippen LogP contribution in [0.25, 0.3) is 16.1 Å². The lowest BCUT2D eigenvalue weighted by atomic mass is 9.80. The van der Waals surface area contributed by atoms with E-state index in [9.17, 15) is 23.2 Å². The molecule has 1 saturated carbocycles. The first-order chi connectivity index (χ1) is 15.2. The molecule has 2 aromatic rings. The molecule has 1 saturated heterocycles. The number of amides is 3. The molecular weight excluding hydrogens is 420 g/mol. The summed E-state index contributed by atoms with van der Waals surface area (Å²) in [6.45, 7) is 6.69. The van der Waals surface area contributed by atoms with Crippen LogP contribution in [0.3, 0.4) is 0 Å². The molecule has 3 amide bonds. The van der Waals surface area contributed by atoms with Gasteiger partial charge in [-0.05, 0) is 12.8 Å². The third-order valence-electron chi connectivity index (χ3n) is 5.86. The summed E-state index contributed by atoms with van der Waals surface area (Å²) >= 11 is 0. The maximum atomic E-state index is 13.5. The Morgan fingerprint density at radius 1 is 1.12 bits per heavy atom. The zero-order valence-corrected chi connectivity index (χ0v) is 17.0. The second-order valence-electron chi connectivity index (χ2n) is 7.94. The molecule has 1 aliphatic heterocycles. The highest BCUT2D eigenvalue weighted by atomic mass is 19.3. The summed E-state index contributed by atoms with van der Waals surface area (Å²) in [6.07, 6.45) is 1.31. The lowest BCUT2D eigenvalue weighted by Crippen LogP contribution is -2.51. The van der Waals surface area contributed by atoms with Crippen LogP contribution in [0.15, 0.2) is 36.7 Å². The van der Waals surface area contributed by atoms with Crippen molar-refractivity contribution in [1.82, 2.24) is 20.2 Å². The van der Waals surface area contributed by atoms with Crippen LogP contribution in [-0.2, 0) is 11.3 Å². The molecule has 0 radical (unpaired) electrons. The van der Waals surface area contributed by atoms with Gasteiger partial charge in [-0.15, -0.1) is 0 Å². The minimum absolute atomic E-state index is 0.0341. The second-order valence-corrected chi connectivity index (χ2v) is 7.94. The van der Waals surface area contributed by atoms with E-state index in [1.807, 2.05) is 12.1 Å². The number of urea groups is 1. The number of nitrogens with zero attached hydrogens (tertiary/aromatic N) is 4. The van der Waals surface area contributed by atoms with Crippen molar-refractivity contribution in [3.05, 3.63) is 59.3 Å². The van der Waals surface area contributed by atoms with Crippen molar-refractivity contribution in [1.29, 1.82) is 0 Å². The molecule has 1 spiro atoms. The number of benzene rings is 1. The molecule has 2 heterocycles. The second kappa shape index (κ2) is 8.07. The van der Waals surface area contributed by atoms with E-state index in [2.05, 4.69) is 20.1 Å². The fourth-order valence-corrected chi connectivity index (χ4v) is 4.03. The average Bonchev–Trinajstić information content (AvgIpc) is 3.01. The lowest BCUT2D eigenvalue weighted by Gasteiger charge is -2.34. The predicted molar refractivity (Wildman–Crippen MR) is 108 cm³/mol. The molecule has 0 unspecified atom stereocenters. The Labute approximate surface area is 182 Å². The van der Waals surface area contributed by atoms with E-state index in [1.165, 1.54) is 12.4 Å². The van der Waals surface area contributed by atoms with Crippen molar-refractivity contribution < 1.29 is 23.2 Å². The zero-order valence-electron chi connectivity index (χ0n) is 17.0. The predicted octanol–water partition coefficient (Wildman–Crippen LogP) is 3.25. The van der Waals surface area contributed by atoms with Gasteiger partial charge in [0.1, 0.15) is 11.2 Å². The van der Waals surface area contributed by atoms with Gasteiger partial charge in [-0.25, -0.2) is 25.1 Å². The summed E-state index contributed by atoms with van der Waals surface area (Å²) in [5.74, 6) is -4.12. The number of halogens is 2. The number of nitrogens with one attached hydrogen (secondary N) is 1. The van der Waals surface area contributed by atoms with Crippen molar-refractivity contribution in [3.63, 3.8) is 0 Å². The quantitative estimate of drug-likeness (QED) is 0.438. The summed E-state index contributed by atoms with van der Waals surface area (Å²) in [4.78, 5) is 50.3. The standard InChI is InChI=1S/C22H19F2N5O3/c1-25-10-14-4-2-3-5-15(14)16-11-27-17(12-26-16)18(30)13-29-19(31)21(28-20(29)32)6-8-22(23,24)9-7-21/h2-5,11-12H,6-10,13H2,(H,28,32). The van der Waals surface area contributed by atoms with E-state index in [0.717, 1.165) is 16.0 Å². The summed E-state index contributed by atoms with van der Waals surface area (Å²) in [7, 11) is 0. The summed E-state index contributed by atoms with van der Waals surface area (Å²) in [5.41, 5.74) is 0.575. The van der Waals surface area contributed by atoms with Gasteiger partial charge in [0.25, 0.3) is 5.91 Å². The lowest BCUT2D eigenvalue weighted by molar-refractivity contribution is -0.135. The van der Waals surface area contributed by atoms with Crippen LogP contribution in [-0.4, -0.2) is 50.6 Å². The largest absolute Gasteiger partial charge is 0.325 e. The van der Waals surface area contributed by atoms with E-state index >= 15 is 0 Å². The molecule has 0 atom stereocenters. The Kier molecular flexibility index (Phi) is 5.42. The number of hydrogen-bond donors (Lipinski definition) is 1. The van der Waals surface area contributed by atoms with Crippen molar-refractivity contribution in [3.8, 4) is 11.3 Å². The SMILES string of the molecule is [C-]#[N+]Cc1ccccc1-c1cnc(C(=O)CN2C(=O)NC3(CCC(F)(F)CC3)C2=O)cn1. The number of rotatable bonds is 5. The Morgan fingerprint density at radius 2 is 1.84 bits per heavy atom. The molecule has 10 heteroatoms. The minimum atomic E-state index is -2.86. The fourth-order valence-electron chi connectivity index (χ4n) is 4.03. The third kappa shape index (κ3) is 3.93. The first-order valence-corrected chi connectivity index (χ1v) is 10.0. The van der Waals surface area contributed by atoms with Crippen LogP contribution in [0.2, 0.25) is 0 Å². The van der Waals surface area contributed by atoms with Gasteiger partial charge in [-0.1, -0.05) is 24.3 Å². The number of alkyl halides is 2. The molecule has 1 aliphatic carbocycles. The zero-order chi connectivity index (χ0) is 22.9. The number of aromatic nitrogens is 2. The van der Waals surface area contributed by atoms with Crippen LogP contribution in [0.1, 0.15) is 41.7 Å². The smallest absolute Gasteiger partial charge is 0.323 e. The van der Waals surface area contributed by atoms with E-state index in [-0.39, 0.29) is 25.1 Å². The van der Waals surface area contributed by atoms with Gasteiger partial charge in [0.2, 0.25) is 18.3 Å². The molecule has 2 aliphatic rings. The Balaban J connectivity index is 1.47. The van der Waals surface area contributed by atoms with Crippen LogP contribution in [0, 0.1) is 6.57 Å². The van der Waals surface area contributed by atoms with Crippen molar-refractivity contribution in [2.45, 2.75) is 43.7 Å². The monoisotopic (exact) mass is 439 g/mol. The molecule has 1 aromatic carbocycles. The van der Waals surface area contributed by atoms with E-state index < -0.39 is 48.6 Å². The maximum Gasteiger partial charge on any atom is 0.325 e. The normalized spacial score (nSPS) is 19.0. The Bertz CT molecular complexity index is 1120. The first-order valence-electron chi connectivity index (χ1n) is 10.0. The Morgan fingerprint density at radius 3 is 2.50 bits per heavy atom. The molecular formula is C22H19F2N5O3. The van der Waals surface area contributed by atoms with Gasteiger partial charge in [0.15, 0.2) is 0 Å². The first kappa shape index (κ1) is 21.5. The van der Waals surface area contributed by atoms with Gasteiger partial charge < -0.3 is 10.2 Å². The topological polar surface area (TPSA) is 96.6 Å². The summed E-state index contributed by atoms with van der Waals surface area (Å²) in [5, 5.41) is 2.50. The number of carbonyl (C=O) groups excluding carboxylic acids is 3. The van der Waals surface area contributed by atoms with Gasteiger partial charge >= 0.3 is 6.03 Å². The third-order valence-corrected chi connectivity index (χ3v) is 5.86. The summed E-state index contributed by atoms with van der Waals surface area (Å²) in [6, 6.07) is 6.45. The van der Waals surface area contributed by atoms with Crippen molar-refractivity contribution >= 4 is 17.7 Å². The van der Waals surface area contributed by atoms with Crippen LogP contribution < -0.4 is 5.32 Å². The van der Waals surface area contributed by atoms with Crippen molar-refractivity contribution in [2.24, 2.45) is 0 Å². The molecule has 8 nitrogen and oxygen atoms in total. The summed E-state index contributed by atoms with van der Waals surface area (Å²) < 4.78 is 27.0. The average molecular weight is 439 g/mol. The molecule has 0 bridgehead atoms.